The van der Waals surface area contributed by atoms with E-state index in [1.807, 2.05) is 0 Å². The Morgan fingerprint density at radius 3 is 2.76 bits per heavy atom. The number of aryl methyl sites for hydroxylation is 1. The van der Waals surface area contributed by atoms with Crippen LogP contribution in [0.1, 0.15) is 22.6 Å². The van der Waals surface area contributed by atoms with Gasteiger partial charge in [-0.15, -0.1) is 0 Å². The molecule has 2 heterocycles. The molecule has 25 heavy (non-hydrogen) atoms. The maximum atomic E-state index is 13.2. The highest BCUT2D eigenvalue weighted by Crippen LogP contribution is 2.16. The summed E-state index contributed by atoms with van der Waals surface area (Å²) >= 11 is 0. The van der Waals surface area contributed by atoms with E-state index in [1.54, 1.807) is 13.0 Å². The number of sulfone groups is 1. The van der Waals surface area contributed by atoms with Crippen LogP contribution in [-0.2, 0) is 9.84 Å². The number of carbonyl (C=O) groups excluding carboxylic acids is 1. The average molecular weight is 364 g/mol. The molecule has 0 aliphatic carbocycles. The number of nitrogens with zero attached hydrogens (tertiary/aromatic N) is 2. The summed E-state index contributed by atoms with van der Waals surface area (Å²) in [6.45, 7) is 1.71. The monoisotopic (exact) mass is 364 g/mol. The lowest BCUT2D eigenvalue weighted by atomic mass is 10.2. The topological polar surface area (TPSA) is 101 Å². The minimum absolute atomic E-state index is 0.0229. The fraction of sp³-hybridized carbons (Fsp3) is 0.312. The van der Waals surface area contributed by atoms with Gasteiger partial charge in [-0.25, -0.2) is 22.8 Å². The molecule has 2 N–H and O–H groups in total. The van der Waals surface area contributed by atoms with Crippen molar-refractivity contribution in [3.63, 3.8) is 0 Å². The van der Waals surface area contributed by atoms with Crippen LogP contribution in [0.15, 0.2) is 30.3 Å². The Balaban J connectivity index is 1.75. The number of anilines is 2. The van der Waals surface area contributed by atoms with Crippen molar-refractivity contribution in [2.24, 2.45) is 0 Å². The van der Waals surface area contributed by atoms with Gasteiger partial charge in [-0.2, -0.15) is 0 Å². The molecule has 3 rings (SSSR count). The van der Waals surface area contributed by atoms with Crippen molar-refractivity contribution in [3.05, 3.63) is 47.5 Å². The van der Waals surface area contributed by atoms with E-state index in [-0.39, 0.29) is 29.2 Å². The third-order valence-electron chi connectivity index (χ3n) is 3.73. The van der Waals surface area contributed by atoms with Gasteiger partial charge in [-0.05, 0) is 37.6 Å². The zero-order valence-corrected chi connectivity index (χ0v) is 14.3. The average Bonchev–Trinajstić information content (AvgIpc) is 2.85. The molecule has 9 heteroatoms. The van der Waals surface area contributed by atoms with Crippen LogP contribution in [-0.4, -0.2) is 41.8 Å². The number of carbonyl (C=O) groups is 1. The summed E-state index contributed by atoms with van der Waals surface area (Å²) in [5.41, 5.74) is 0.987. The summed E-state index contributed by atoms with van der Waals surface area (Å²) in [6, 6.07) is 6.77. The van der Waals surface area contributed by atoms with Gasteiger partial charge < -0.3 is 10.6 Å². The van der Waals surface area contributed by atoms with Crippen molar-refractivity contribution in [2.75, 3.05) is 22.1 Å². The second-order valence-electron chi connectivity index (χ2n) is 5.93. The Morgan fingerprint density at radius 1 is 1.28 bits per heavy atom. The summed E-state index contributed by atoms with van der Waals surface area (Å²) in [4.78, 5) is 20.7. The van der Waals surface area contributed by atoms with Crippen molar-refractivity contribution in [2.45, 2.75) is 19.4 Å². The molecule has 1 atom stereocenters. The number of halogens is 1. The molecule has 1 aromatic carbocycles. The van der Waals surface area contributed by atoms with Gasteiger partial charge in [0.05, 0.1) is 11.5 Å². The predicted octanol–water partition coefficient (Wildman–Crippen LogP) is 1.78. The smallest absolute Gasteiger partial charge is 0.274 e. The number of hydrogen-bond donors (Lipinski definition) is 2. The first-order chi connectivity index (χ1) is 11.8. The van der Waals surface area contributed by atoms with Gasteiger partial charge in [-0.1, -0.05) is 6.07 Å². The molecule has 1 unspecified atom stereocenters. The standard InChI is InChI=1S/C16H17FN4O3S/c1-10-7-14(15(22)19-12-4-2-3-11(17)8-12)21-16(18-10)20-13-5-6-25(23,24)9-13/h2-4,7-8,13H,5-6,9H2,1H3,(H,19,22)(H,18,20,21). The Labute approximate surface area is 144 Å². The summed E-state index contributed by atoms with van der Waals surface area (Å²) in [5, 5.41) is 5.53. The summed E-state index contributed by atoms with van der Waals surface area (Å²) in [6.07, 6.45) is 0.477. The molecular formula is C16H17FN4O3S. The molecule has 1 saturated heterocycles. The summed E-state index contributed by atoms with van der Waals surface area (Å²) in [5.74, 6) is -0.607. The number of benzene rings is 1. The van der Waals surface area contributed by atoms with E-state index >= 15 is 0 Å². The number of nitrogens with one attached hydrogen (secondary N) is 2. The van der Waals surface area contributed by atoms with E-state index < -0.39 is 21.6 Å². The van der Waals surface area contributed by atoms with Crippen LogP contribution in [0.3, 0.4) is 0 Å². The molecule has 0 spiro atoms. The molecule has 2 aromatic rings. The fourth-order valence-corrected chi connectivity index (χ4v) is 4.28. The first-order valence-electron chi connectivity index (χ1n) is 7.70. The lowest BCUT2D eigenvalue weighted by Gasteiger charge is -2.12. The van der Waals surface area contributed by atoms with E-state index in [9.17, 15) is 17.6 Å². The second-order valence-corrected chi connectivity index (χ2v) is 8.16. The largest absolute Gasteiger partial charge is 0.350 e. The molecule has 1 aromatic heterocycles. The van der Waals surface area contributed by atoms with Crippen LogP contribution in [0.25, 0.3) is 0 Å². The van der Waals surface area contributed by atoms with Gasteiger partial charge in [0, 0.05) is 17.4 Å². The lowest BCUT2D eigenvalue weighted by Crippen LogP contribution is -2.23. The Kier molecular flexibility index (Phi) is 4.67. The molecule has 0 bridgehead atoms. The summed E-state index contributed by atoms with van der Waals surface area (Å²) < 4.78 is 36.3. The molecule has 1 aliphatic heterocycles. The SMILES string of the molecule is Cc1cc(C(=O)Nc2cccc(F)c2)nc(NC2CCS(=O)(=O)C2)n1. The van der Waals surface area contributed by atoms with Gasteiger partial charge in [0.2, 0.25) is 5.95 Å². The highest BCUT2D eigenvalue weighted by Gasteiger charge is 2.28. The molecule has 1 amide bonds. The predicted molar refractivity (Wildman–Crippen MR) is 91.8 cm³/mol. The van der Waals surface area contributed by atoms with Crippen molar-refractivity contribution < 1.29 is 17.6 Å². The minimum atomic E-state index is -3.03. The Morgan fingerprint density at radius 2 is 2.08 bits per heavy atom. The molecular weight excluding hydrogens is 347 g/mol. The first kappa shape index (κ1) is 17.3. The maximum absolute atomic E-state index is 13.2. The lowest BCUT2D eigenvalue weighted by molar-refractivity contribution is 0.102. The normalized spacial score (nSPS) is 18.7. The van der Waals surface area contributed by atoms with Crippen LogP contribution in [0.4, 0.5) is 16.0 Å². The van der Waals surface area contributed by atoms with Gasteiger partial charge in [-0.3, -0.25) is 4.79 Å². The van der Waals surface area contributed by atoms with Gasteiger partial charge >= 0.3 is 0 Å². The molecule has 0 radical (unpaired) electrons. The molecule has 7 nitrogen and oxygen atoms in total. The zero-order valence-electron chi connectivity index (χ0n) is 13.5. The third-order valence-corrected chi connectivity index (χ3v) is 5.50. The van der Waals surface area contributed by atoms with Crippen molar-refractivity contribution >= 4 is 27.4 Å². The third kappa shape index (κ3) is 4.50. The van der Waals surface area contributed by atoms with Crippen molar-refractivity contribution in [1.29, 1.82) is 0 Å². The minimum Gasteiger partial charge on any atom is -0.350 e. The Bertz CT molecular complexity index is 917. The number of aromatic nitrogens is 2. The van der Waals surface area contributed by atoms with E-state index in [2.05, 4.69) is 20.6 Å². The van der Waals surface area contributed by atoms with Gasteiger partial charge in [0.15, 0.2) is 9.84 Å². The molecule has 132 valence electrons. The molecule has 1 fully saturated rings. The zero-order chi connectivity index (χ0) is 18.0. The first-order valence-corrected chi connectivity index (χ1v) is 9.52. The van der Waals surface area contributed by atoms with E-state index in [1.165, 1.54) is 24.3 Å². The Hall–Kier alpha value is -2.55. The van der Waals surface area contributed by atoms with Crippen LogP contribution in [0.2, 0.25) is 0 Å². The van der Waals surface area contributed by atoms with Crippen molar-refractivity contribution in [3.8, 4) is 0 Å². The van der Waals surface area contributed by atoms with Gasteiger partial charge in [0.1, 0.15) is 11.5 Å². The van der Waals surface area contributed by atoms with Crippen LogP contribution in [0.5, 0.6) is 0 Å². The molecule has 1 aliphatic rings. The van der Waals surface area contributed by atoms with Crippen LogP contribution < -0.4 is 10.6 Å². The molecule has 0 saturated carbocycles. The highest BCUT2D eigenvalue weighted by molar-refractivity contribution is 7.91. The second kappa shape index (κ2) is 6.75. The highest BCUT2D eigenvalue weighted by atomic mass is 32.2. The van der Waals surface area contributed by atoms with Crippen molar-refractivity contribution in [1.82, 2.24) is 9.97 Å². The quantitative estimate of drug-likeness (QED) is 0.858. The van der Waals surface area contributed by atoms with E-state index in [0.29, 0.717) is 17.8 Å². The number of amides is 1. The van der Waals surface area contributed by atoms with E-state index in [0.717, 1.165) is 0 Å². The number of rotatable bonds is 4. The number of hydrogen-bond acceptors (Lipinski definition) is 6. The summed E-state index contributed by atoms with van der Waals surface area (Å²) in [7, 11) is -3.03. The fourth-order valence-electron chi connectivity index (χ4n) is 2.60. The van der Waals surface area contributed by atoms with Crippen LogP contribution in [0, 0.1) is 12.7 Å². The van der Waals surface area contributed by atoms with Crippen LogP contribution >= 0.6 is 0 Å². The maximum Gasteiger partial charge on any atom is 0.274 e. The van der Waals surface area contributed by atoms with Gasteiger partial charge in [0.25, 0.3) is 5.91 Å². The van der Waals surface area contributed by atoms with E-state index in [4.69, 9.17) is 0 Å².